The Labute approximate surface area is 266 Å². The average molecular weight is 635 g/mol. The zero-order valence-electron chi connectivity index (χ0n) is 25.3. The summed E-state index contributed by atoms with van der Waals surface area (Å²) in [5, 5.41) is 10.0. The van der Waals surface area contributed by atoms with E-state index in [9.17, 15) is 14.3 Å². The van der Waals surface area contributed by atoms with Crippen LogP contribution in [0.5, 0.6) is 11.6 Å². The lowest BCUT2D eigenvalue weighted by Crippen LogP contribution is -2.38. The molecule has 6 rings (SSSR count). The standard InChI is InChI=1S/C33H36ClFN6O4/c1-3-40-20-36-16-24(40)17-41-30-14-27(33(42)43)21(2)11-29(30)38-31(41)18-39-9-7-25(8-10-39)45-26-6-4-5-22(12-26)19-44-32-28(35)13-23(34)15-37-32/h4-6,12-16,20-21,25H,3,7-11,17-19H2,1-2H3,(H,42,43). The van der Waals surface area contributed by atoms with E-state index in [-0.39, 0.29) is 29.5 Å². The minimum atomic E-state index is -0.881. The fourth-order valence-electron chi connectivity index (χ4n) is 6.01. The second-order valence-corrected chi connectivity index (χ2v) is 12.0. The highest BCUT2D eigenvalue weighted by Gasteiger charge is 2.29. The van der Waals surface area contributed by atoms with E-state index in [4.69, 9.17) is 26.1 Å². The minimum Gasteiger partial charge on any atom is -0.490 e. The zero-order chi connectivity index (χ0) is 31.5. The second kappa shape index (κ2) is 13.4. The maximum Gasteiger partial charge on any atom is 0.331 e. The van der Waals surface area contributed by atoms with E-state index >= 15 is 0 Å². The van der Waals surface area contributed by atoms with Crippen molar-refractivity contribution in [2.75, 3.05) is 13.1 Å². The van der Waals surface area contributed by atoms with Gasteiger partial charge in [0.1, 0.15) is 24.3 Å². The van der Waals surface area contributed by atoms with Crippen LogP contribution in [0, 0.1) is 11.7 Å². The van der Waals surface area contributed by atoms with Gasteiger partial charge in [-0.3, -0.25) is 4.90 Å². The molecular formula is C33H36ClFN6O4. The van der Waals surface area contributed by atoms with E-state index in [1.807, 2.05) is 43.7 Å². The molecule has 2 aliphatic rings. The van der Waals surface area contributed by atoms with Crippen molar-refractivity contribution in [1.29, 1.82) is 0 Å². The Hall–Kier alpha value is -4.22. The number of piperidine rings is 1. The molecule has 1 fully saturated rings. The van der Waals surface area contributed by atoms with Gasteiger partial charge in [0.05, 0.1) is 41.5 Å². The van der Waals surface area contributed by atoms with Crippen LogP contribution in [0.25, 0.3) is 6.08 Å². The molecule has 1 saturated heterocycles. The van der Waals surface area contributed by atoms with Crippen LogP contribution in [0.4, 0.5) is 4.39 Å². The molecule has 12 heteroatoms. The van der Waals surface area contributed by atoms with Crippen molar-refractivity contribution < 1.29 is 23.8 Å². The molecule has 1 unspecified atom stereocenters. The van der Waals surface area contributed by atoms with Gasteiger partial charge in [0.2, 0.25) is 0 Å². The molecule has 1 N–H and O–H groups in total. The number of aromatic nitrogens is 5. The molecule has 4 heterocycles. The molecule has 1 aliphatic heterocycles. The van der Waals surface area contributed by atoms with Gasteiger partial charge in [-0.1, -0.05) is 30.7 Å². The molecule has 10 nitrogen and oxygen atoms in total. The lowest BCUT2D eigenvalue weighted by atomic mass is 9.89. The predicted molar refractivity (Wildman–Crippen MR) is 167 cm³/mol. The van der Waals surface area contributed by atoms with Crippen molar-refractivity contribution in [3.8, 4) is 11.6 Å². The van der Waals surface area contributed by atoms with Crippen molar-refractivity contribution in [3.63, 3.8) is 0 Å². The Bertz CT molecular complexity index is 1710. The van der Waals surface area contributed by atoms with E-state index in [1.165, 1.54) is 12.3 Å². The largest absolute Gasteiger partial charge is 0.490 e. The first-order valence-electron chi connectivity index (χ1n) is 15.2. The summed E-state index contributed by atoms with van der Waals surface area (Å²) in [4.78, 5) is 27.6. The third kappa shape index (κ3) is 7.04. The number of aliphatic carboxylic acids is 1. The number of aryl methyl sites for hydroxylation is 1. The van der Waals surface area contributed by atoms with E-state index in [1.54, 1.807) is 6.08 Å². The fraction of sp³-hybridized carbons (Fsp3) is 0.394. The van der Waals surface area contributed by atoms with Crippen molar-refractivity contribution in [2.24, 2.45) is 5.92 Å². The summed E-state index contributed by atoms with van der Waals surface area (Å²) in [5.74, 6) is -0.00630. The smallest absolute Gasteiger partial charge is 0.331 e. The van der Waals surface area contributed by atoms with Gasteiger partial charge in [0.15, 0.2) is 5.82 Å². The lowest BCUT2D eigenvalue weighted by Gasteiger charge is -2.32. The second-order valence-electron chi connectivity index (χ2n) is 11.6. The number of fused-ring (bicyclic) bond motifs is 1. The van der Waals surface area contributed by atoms with Gasteiger partial charge >= 0.3 is 5.97 Å². The van der Waals surface area contributed by atoms with Crippen LogP contribution < -0.4 is 9.47 Å². The molecule has 4 aromatic rings. The molecule has 0 radical (unpaired) electrons. The number of carbonyl (C=O) groups is 1. The third-order valence-electron chi connectivity index (χ3n) is 8.44. The van der Waals surface area contributed by atoms with E-state index < -0.39 is 11.8 Å². The number of hydrogen-bond acceptors (Lipinski definition) is 7. The summed E-state index contributed by atoms with van der Waals surface area (Å²) in [7, 11) is 0. The number of halogens is 2. The summed E-state index contributed by atoms with van der Waals surface area (Å²) >= 11 is 5.78. The first-order chi connectivity index (χ1) is 21.8. The number of carboxylic acids is 1. The van der Waals surface area contributed by atoms with Crippen molar-refractivity contribution in [2.45, 2.75) is 65.5 Å². The van der Waals surface area contributed by atoms with Crippen molar-refractivity contribution in [3.05, 3.63) is 93.9 Å². The van der Waals surface area contributed by atoms with Gasteiger partial charge < -0.3 is 23.7 Å². The van der Waals surface area contributed by atoms with Crippen LogP contribution in [0.15, 0.2) is 54.6 Å². The molecule has 1 aromatic carbocycles. The number of benzene rings is 1. The Morgan fingerprint density at radius 2 is 2.00 bits per heavy atom. The molecule has 1 aliphatic carbocycles. The van der Waals surface area contributed by atoms with Crippen molar-refractivity contribution in [1.82, 2.24) is 29.0 Å². The molecular weight excluding hydrogens is 599 g/mol. The monoisotopic (exact) mass is 634 g/mol. The van der Waals surface area contributed by atoms with Crippen LogP contribution in [0.2, 0.25) is 5.02 Å². The van der Waals surface area contributed by atoms with Crippen LogP contribution in [-0.4, -0.2) is 59.3 Å². The zero-order valence-corrected chi connectivity index (χ0v) is 26.1. The minimum absolute atomic E-state index is 0.0570. The quantitative estimate of drug-likeness (QED) is 0.227. The SMILES string of the molecule is CCn1cncc1Cn1c(CN2CCC(Oc3cccc(COc4ncc(Cl)cc4F)c3)CC2)nc2c1C=C(C(=O)O)C(C)C2. The maximum atomic E-state index is 14.0. The highest BCUT2D eigenvalue weighted by atomic mass is 35.5. The van der Waals surface area contributed by atoms with Gasteiger partial charge in [-0.25, -0.2) is 24.1 Å². The molecule has 0 spiro atoms. The normalized spacial score (nSPS) is 17.2. The van der Waals surface area contributed by atoms with E-state index in [2.05, 4.69) is 30.9 Å². The summed E-state index contributed by atoms with van der Waals surface area (Å²) in [5.41, 5.74) is 4.14. The summed E-state index contributed by atoms with van der Waals surface area (Å²) in [6.07, 6.45) is 9.20. The van der Waals surface area contributed by atoms with Gasteiger partial charge in [0.25, 0.3) is 5.88 Å². The number of pyridine rings is 1. The first-order valence-corrected chi connectivity index (χ1v) is 15.6. The van der Waals surface area contributed by atoms with Gasteiger partial charge in [-0.15, -0.1) is 0 Å². The molecule has 0 bridgehead atoms. The topological polar surface area (TPSA) is 108 Å². The first kappa shape index (κ1) is 30.8. The summed E-state index contributed by atoms with van der Waals surface area (Å²) in [6, 6.07) is 8.79. The summed E-state index contributed by atoms with van der Waals surface area (Å²) in [6.45, 7) is 7.89. The number of hydrogen-bond donors (Lipinski definition) is 1. The van der Waals surface area contributed by atoms with Crippen LogP contribution in [0.1, 0.15) is 55.2 Å². The average Bonchev–Trinajstić information content (AvgIpc) is 3.61. The number of likely N-dealkylation sites (tertiary alicyclic amines) is 1. The number of nitrogens with zero attached hydrogens (tertiary/aromatic N) is 6. The van der Waals surface area contributed by atoms with E-state index in [0.29, 0.717) is 25.1 Å². The van der Waals surface area contributed by atoms with E-state index in [0.717, 1.165) is 66.7 Å². The number of imidazole rings is 2. The molecule has 45 heavy (non-hydrogen) atoms. The summed E-state index contributed by atoms with van der Waals surface area (Å²) < 4.78 is 30.2. The Balaban J connectivity index is 1.10. The molecule has 236 valence electrons. The van der Waals surface area contributed by atoms with Crippen molar-refractivity contribution >= 4 is 23.6 Å². The Morgan fingerprint density at radius 3 is 2.76 bits per heavy atom. The molecule has 0 amide bonds. The fourth-order valence-corrected chi connectivity index (χ4v) is 6.16. The molecule has 0 saturated carbocycles. The lowest BCUT2D eigenvalue weighted by molar-refractivity contribution is -0.133. The van der Waals surface area contributed by atoms with Gasteiger partial charge in [0, 0.05) is 37.6 Å². The van der Waals surface area contributed by atoms with Gasteiger partial charge in [-0.05, 0) is 61.9 Å². The maximum absolute atomic E-state index is 14.0. The highest BCUT2D eigenvalue weighted by molar-refractivity contribution is 6.30. The number of ether oxygens (including phenoxy) is 2. The van der Waals surface area contributed by atoms with Crippen LogP contribution in [0.3, 0.4) is 0 Å². The number of carboxylic acid groups (broad SMARTS) is 1. The number of rotatable bonds is 11. The Morgan fingerprint density at radius 1 is 1.18 bits per heavy atom. The van der Waals surface area contributed by atoms with Gasteiger partial charge in [-0.2, -0.15) is 0 Å². The van der Waals surface area contributed by atoms with Crippen LogP contribution >= 0.6 is 11.6 Å². The molecule has 3 aromatic heterocycles. The predicted octanol–water partition coefficient (Wildman–Crippen LogP) is 5.62. The Kier molecular flexibility index (Phi) is 9.18. The third-order valence-corrected chi connectivity index (χ3v) is 8.65. The van der Waals surface area contributed by atoms with Crippen LogP contribution in [-0.2, 0) is 37.5 Å². The molecule has 1 atom stereocenters. The highest BCUT2D eigenvalue weighted by Crippen LogP contribution is 2.31.